The van der Waals surface area contributed by atoms with Gasteiger partial charge in [0.05, 0.1) is 5.69 Å². The molecule has 3 aromatic rings. The van der Waals surface area contributed by atoms with Gasteiger partial charge in [0.15, 0.2) is 0 Å². The highest BCUT2D eigenvalue weighted by Gasteiger charge is 2.28. The van der Waals surface area contributed by atoms with Crippen LogP contribution in [-0.4, -0.2) is 28.9 Å². The van der Waals surface area contributed by atoms with E-state index in [1.165, 1.54) is 16.9 Å². The van der Waals surface area contributed by atoms with Crippen molar-refractivity contribution in [3.05, 3.63) is 40.3 Å². The Morgan fingerprint density at radius 3 is 2.53 bits per heavy atom. The molecule has 4 rings (SSSR count). The molecule has 4 N–H and O–H groups in total. The van der Waals surface area contributed by atoms with E-state index in [-0.39, 0.29) is 11.7 Å². The van der Waals surface area contributed by atoms with Crippen molar-refractivity contribution in [3.63, 3.8) is 0 Å². The Hall–Kier alpha value is -3.11. The van der Waals surface area contributed by atoms with Crippen molar-refractivity contribution in [3.8, 4) is 17.2 Å². The number of aromatic nitrogens is 1. The van der Waals surface area contributed by atoms with E-state index in [4.69, 9.17) is 11.5 Å². The average molecular weight is 420 g/mol. The van der Waals surface area contributed by atoms with Crippen molar-refractivity contribution >= 4 is 39.0 Å². The smallest absolute Gasteiger partial charge is 0.266 e. The van der Waals surface area contributed by atoms with Crippen LogP contribution in [0.25, 0.3) is 21.3 Å². The summed E-state index contributed by atoms with van der Waals surface area (Å²) in [5, 5.41) is 10.4. The van der Waals surface area contributed by atoms with Crippen molar-refractivity contribution in [1.82, 2.24) is 9.88 Å². The summed E-state index contributed by atoms with van der Waals surface area (Å²) in [7, 11) is 0. The maximum absolute atomic E-state index is 13.2. The third kappa shape index (κ3) is 3.37. The molecule has 6 nitrogen and oxygen atoms in total. The van der Waals surface area contributed by atoms with Gasteiger partial charge in [-0.05, 0) is 36.3 Å². The zero-order valence-corrected chi connectivity index (χ0v) is 18.1. The topological polar surface area (TPSA) is 109 Å². The van der Waals surface area contributed by atoms with E-state index in [2.05, 4.69) is 24.9 Å². The lowest BCUT2D eigenvalue weighted by Crippen LogP contribution is -2.37. The molecule has 7 heteroatoms. The normalized spacial score (nSPS) is 14.8. The Labute approximate surface area is 180 Å². The summed E-state index contributed by atoms with van der Waals surface area (Å²) in [6, 6.07) is 10.2. The van der Waals surface area contributed by atoms with E-state index in [9.17, 15) is 10.1 Å². The molecular formula is C23H25N5OS. The molecule has 30 heavy (non-hydrogen) atoms. The third-order valence-corrected chi connectivity index (χ3v) is 7.02. The number of nitriles is 1. The maximum Gasteiger partial charge on any atom is 0.266 e. The number of carbonyl (C=O) groups excluding carboxylic acids is 1. The first-order chi connectivity index (χ1) is 14.4. The summed E-state index contributed by atoms with van der Waals surface area (Å²) in [5.74, 6) is 0.726. The molecule has 1 saturated heterocycles. The first-order valence-corrected chi connectivity index (χ1v) is 11.1. The maximum atomic E-state index is 13.2. The van der Waals surface area contributed by atoms with Gasteiger partial charge < -0.3 is 16.4 Å². The molecule has 1 aliphatic heterocycles. The Bertz CT molecular complexity index is 1150. The van der Waals surface area contributed by atoms with Gasteiger partial charge in [-0.25, -0.2) is 4.98 Å². The average Bonchev–Trinajstić information content (AvgIpc) is 3.08. The lowest BCUT2D eigenvalue weighted by atomic mass is 9.96. The number of nitrogen functional groups attached to an aromatic ring is 2. The van der Waals surface area contributed by atoms with Crippen LogP contribution in [0.15, 0.2) is 24.3 Å². The van der Waals surface area contributed by atoms with Crippen LogP contribution in [0.4, 0.5) is 11.5 Å². The minimum Gasteiger partial charge on any atom is -0.397 e. The molecule has 0 atom stereocenters. The third-order valence-electron chi connectivity index (χ3n) is 5.93. The van der Waals surface area contributed by atoms with Crippen LogP contribution in [0.1, 0.15) is 47.5 Å². The highest BCUT2D eigenvalue weighted by atomic mass is 32.1. The van der Waals surface area contributed by atoms with Gasteiger partial charge in [0.2, 0.25) is 0 Å². The lowest BCUT2D eigenvalue weighted by molar-refractivity contribution is 0.0703. The molecule has 2 aromatic heterocycles. The number of pyridine rings is 1. The molecule has 1 amide bonds. The second kappa shape index (κ2) is 7.96. The van der Waals surface area contributed by atoms with Crippen molar-refractivity contribution in [2.24, 2.45) is 5.92 Å². The summed E-state index contributed by atoms with van der Waals surface area (Å²) >= 11 is 1.26. The molecule has 0 unspecified atom stereocenters. The lowest BCUT2D eigenvalue weighted by Gasteiger charge is -2.30. The number of anilines is 2. The zero-order valence-electron chi connectivity index (χ0n) is 17.2. The summed E-state index contributed by atoms with van der Waals surface area (Å²) in [5.41, 5.74) is 16.0. The number of hydrogen-bond donors (Lipinski definition) is 2. The number of nitrogens with two attached hydrogens (primary N) is 2. The fraction of sp³-hybridized carbons (Fsp3) is 0.348. The minimum atomic E-state index is -0.0632. The molecule has 1 fully saturated rings. The first kappa shape index (κ1) is 20.2. The molecule has 1 aliphatic rings. The number of fused-ring (bicyclic) bond motifs is 1. The molecule has 0 spiro atoms. The number of nitrogens with zero attached hydrogens (tertiary/aromatic N) is 3. The molecule has 0 bridgehead atoms. The van der Waals surface area contributed by atoms with Gasteiger partial charge in [0.25, 0.3) is 5.91 Å². The van der Waals surface area contributed by atoms with Gasteiger partial charge in [0, 0.05) is 24.0 Å². The number of amides is 1. The van der Waals surface area contributed by atoms with E-state index in [0.29, 0.717) is 37.8 Å². The molecule has 0 saturated carbocycles. The number of benzene rings is 1. The Balaban J connectivity index is 1.88. The summed E-state index contributed by atoms with van der Waals surface area (Å²) in [6.07, 6.45) is 2.91. The highest BCUT2D eigenvalue weighted by Crippen LogP contribution is 2.43. The Kier molecular flexibility index (Phi) is 5.35. The van der Waals surface area contributed by atoms with Crippen LogP contribution in [0.5, 0.6) is 0 Å². The van der Waals surface area contributed by atoms with E-state index in [1.54, 1.807) is 0 Å². The zero-order chi connectivity index (χ0) is 21.4. The molecule has 0 radical (unpaired) electrons. The van der Waals surface area contributed by atoms with Crippen molar-refractivity contribution in [1.29, 1.82) is 5.26 Å². The van der Waals surface area contributed by atoms with Gasteiger partial charge in [-0.3, -0.25) is 4.79 Å². The van der Waals surface area contributed by atoms with Crippen molar-refractivity contribution in [2.75, 3.05) is 24.6 Å². The van der Waals surface area contributed by atoms with Crippen molar-refractivity contribution < 1.29 is 4.79 Å². The molecule has 0 aliphatic carbocycles. The van der Waals surface area contributed by atoms with Gasteiger partial charge in [-0.15, -0.1) is 11.3 Å². The number of carbonyl (C=O) groups is 1. The van der Waals surface area contributed by atoms with Gasteiger partial charge in [-0.2, -0.15) is 5.26 Å². The first-order valence-electron chi connectivity index (χ1n) is 10.2. The number of aryl methyl sites for hydroxylation is 1. The standard InChI is InChI=1S/C23H25N5OS/c1-3-14-4-6-15(7-5-14)17-16(12-24)21(26)27-22-18(17)19(25)20(30-22)23(29)28-10-8-13(2)9-11-28/h4-7,13H,3,8-11,25H2,1-2H3,(H2,26,27). The second-order valence-corrected chi connectivity index (χ2v) is 8.91. The predicted molar refractivity (Wildman–Crippen MR) is 122 cm³/mol. The van der Waals surface area contributed by atoms with E-state index >= 15 is 0 Å². The molecule has 3 heterocycles. The number of likely N-dealkylation sites (tertiary alicyclic amines) is 1. The van der Waals surface area contributed by atoms with Gasteiger partial charge in [0.1, 0.15) is 27.2 Å². The summed E-state index contributed by atoms with van der Waals surface area (Å²) in [6.45, 7) is 5.77. The van der Waals surface area contributed by atoms with Crippen LogP contribution < -0.4 is 11.5 Å². The minimum absolute atomic E-state index is 0.0632. The van der Waals surface area contributed by atoms with E-state index < -0.39 is 0 Å². The van der Waals surface area contributed by atoms with Crippen LogP contribution in [-0.2, 0) is 6.42 Å². The van der Waals surface area contributed by atoms with E-state index in [0.717, 1.165) is 37.9 Å². The van der Waals surface area contributed by atoms with Crippen LogP contribution in [0, 0.1) is 17.2 Å². The van der Waals surface area contributed by atoms with Gasteiger partial charge in [-0.1, -0.05) is 38.1 Å². The summed E-state index contributed by atoms with van der Waals surface area (Å²) < 4.78 is 0. The fourth-order valence-corrected chi connectivity index (χ4v) is 5.07. The van der Waals surface area contributed by atoms with Crippen LogP contribution >= 0.6 is 11.3 Å². The van der Waals surface area contributed by atoms with Crippen LogP contribution in [0.2, 0.25) is 0 Å². The highest BCUT2D eigenvalue weighted by molar-refractivity contribution is 7.21. The monoisotopic (exact) mass is 419 g/mol. The number of piperidine rings is 1. The SMILES string of the molecule is CCc1ccc(-c2c(C#N)c(N)nc3sc(C(=O)N4CCC(C)CC4)c(N)c23)cc1. The number of thiophene rings is 1. The molecule has 154 valence electrons. The Morgan fingerprint density at radius 1 is 1.27 bits per heavy atom. The van der Waals surface area contributed by atoms with Gasteiger partial charge >= 0.3 is 0 Å². The quantitative estimate of drug-likeness (QED) is 0.652. The van der Waals surface area contributed by atoms with Crippen molar-refractivity contribution in [2.45, 2.75) is 33.1 Å². The van der Waals surface area contributed by atoms with Crippen LogP contribution in [0.3, 0.4) is 0 Å². The predicted octanol–water partition coefficient (Wildman–Crippen LogP) is 4.43. The summed E-state index contributed by atoms with van der Waals surface area (Å²) in [4.78, 5) is 20.5. The second-order valence-electron chi connectivity index (χ2n) is 7.91. The molecular weight excluding hydrogens is 394 g/mol. The van der Waals surface area contributed by atoms with E-state index in [1.807, 2.05) is 29.2 Å². The Morgan fingerprint density at radius 2 is 1.93 bits per heavy atom. The fourth-order valence-electron chi connectivity index (χ4n) is 3.99. The number of hydrogen-bond acceptors (Lipinski definition) is 6. The molecule has 1 aromatic carbocycles. The largest absolute Gasteiger partial charge is 0.397 e. The number of rotatable bonds is 3.